The second-order valence-corrected chi connectivity index (χ2v) is 6.00. The molecule has 0 aliphatic rings. The van der Waals surface area contributed by atoms with Gasteiger partial charge in [0.1, 0.15) is 11.6 Å². The Morgan fingerprint density at radius 2 is 2.04 bits per heavy atom. The Labute approximate surface area is 161 Å². The van der Waals surface area contributed by atoms with Gasteiger partial charge in [0.2, 0.25) is 0 Å². The van der Waals surface area contributed by atoms with Crippen LogP contribution in [0.2, 0.25) is 5.02 Å². The maximum atomic E-state index is 12.8. The second kappa shape index (κ2) is 11.5. The van der Waals surface area contributed by atoms with Crippen molar-refractivity contribution in [3.8, 4) is 6.07 Å². The van der Waals surface area contributed by atoms with Gasteiger partial charge in [0, 0.05) is 31.6 Å². The van der Waals surface area contributed by atoms with Crippen molar-refractivity contribution in [3.63, 3.8) is 0 Å². The third-order valence-electron chi connectivity index (χ3n) is 3.39. The molecule has 0 bridgehead atoms. The minimum Gasteiger partial charge on any atom is -0.390 e. The van der Waals surface area contributed by atoms with Crippen LogP contribution in [0.3, 0.4) is 0 Å². The monoisotopic (exact) mass is 403 g/mol. The van der Waals surface area contributed by atoms with Crippen LogP contribution in [-0.4, -0.2) is 25.7 Å². The van der Waals surface area contributed by atoms with Gasteiger partial charge in [-0.2, -0.15) is 18.4 Å². The predicted octanol–water partition coefficient (Wildman–Crippen LogP) is 4.50. The van der Waals surface area contributed by atoms with Gasteiger partial charge in [0.15, 0.2) is 0 Å². The average Bonchev–Trinajstić information content (AvgIpc) is 2.61. The zero-order valence-corrected chi connectivity index (χ0v) is 15.6. The minimum absolute atomic E-state index is 0.109. The van der Waals surface area contributed by atoms with E-state index in [9.17, 15) is 18.0 Å². The van der Waals surface area contributed by atoms with E-state index in [1.54, 1.807) is 6.07 Å². The van der Waals surface area contributed by atoms with Gasteiger partial charge in [0.25, 0.3) is 5.91 Å². The lowest BCUT2D eigenvalue weighted by Crippen LogP contribution is -2.18. The number of ether oxygens (including phenoxy) is 1. The lowest BCUT2D eigenvalue weighted by molar-refractivity contribution is -0.137. The fourth-order valence-corrected chi connectivity index (χ4v) is 2.19. The Hall–Kier alpha value is -2.24. The molecule has 0 spiro atoms. The highest BCUT2D eigenvalue weighted by molar-refractivity contribution is 6.31. The van der Waals surface area contributed by atoms with Gasteiger partial charge in [0.05, 0.1) is 10.6 Å². The van der Waals surface area contributed by atoms with Crippen molar-refractivity contribution in [1.82, 2.24) is 5.32 Å². The molecule has 1 amide bonds. The van der Waals surface area contributed by atoms with E-state index in [0.717, 1.165) is 25.0 Å². The molecular formula is C18H21ClF3N3O2. The van der Waals surface area contributed by atoms with Crippen LogP contribution in [0, 0.1) is 11.3 Å². The number of nitriles is 1. The van der Waals surface area contributed by atoms with Crippen LogP contribution >= 0.6 is 11.6 Å². The summed E-state index contributed by atoms with van der Waals surface area (Å²) in [6, 6.07) is 4.68. The molecule has 0 atom stereocenters. The summed E-state index contributed by atoms with van der Waals surface area (Å²) in [4.78, 5) is 12.0. The van der Waals surface area contributed by atoms with E-state index in [4.69, 9.17) is 21.6 Å². The maximum absolute atomic E-state index is 12.8. The highest BCUT2D eigenvalue weighted by Gasteiger charge is 2.33. The number of unbranched alkanes of at least 4 members (excludes halogenated alkanes) is 1. The van der Waals surface area contributed by atoms with Crippen LogP contribution in [0.5, 0.6) is 0 Å². The number of benzene rings is 1. The zero-order valence-electron chi connectivity index (χ0n) is 14.8. The first kappa shape index (κ1) is 22.8. The maximum Gasteiger partial charge on any atom is 0.417 e. The van der Waals surface area contributed by atoms with Crippen molar-refractivity contribution in [2.75, 3.05) is 25.1 Å². The van der Waals surface area contributed by atoms with E-state index in [-0.39, 0.29) is 11.3 Å². The van der Waals surface area contributed by atoms with Crippen molar-refractivity contribution in [1.29, 1.82) is 5.26 Å². The van der Waals surface area contributed by atoms with Gasteiger partial charge >= 0.3 is 6.18 Å². The van der Waals surface area contributed by atoms with Crippen LogP contribution in [0.4, 0.5) is 18.9 Å². The number of amides is 1. The number of hydrogen-bond donors (Lipinski definition) is 2. The van der Waals surface area contributed by atoms with E-state index >= 15 is 0 Å². The molecule has 0 aliphatic heterocycles. The van der Waals surface area contributed by atoms with Crippen LogP contribution in [0.15, 0.2) is 30.0 Å². The molecule has 0 heterocycles. The molecule has 1 rings (SSSR count). The van der Waals surface area contributed by atoms with Crippen molar-refractivity contribution in [2.24, 2.45) is 0 Å². The Morgan fingerprint density at radius 3 is 2.67 bits per heavy atom. The fraction of sp³-hybridized carbons (Fsp3) is 0.444. The van der Waals surface area contributed by atoms with E-state index < -0.39 is 22.7 Å². The number of alkyl halides is 3. The van der Waals surface area contributed by atoms with Crippen LogP contribution in [0.1, 0.15) is 31.7 Å². The van der Waals surface area contributed by atoms with Gasteiger partial charge in [-0.3, -0.25) is 4.79 Å². The number of anilines is 1. The first-order chi connectivity index (χ1) is 12.8. The summed E-state index contributed by atoms with van der Waals surface area (Å²) in [6.45, 7) is 3.81. The molecule has 0 saturated carbocycles. The summed E-state index contributed by atoms with van der Waals surface area (Å²) >= 11 is 5.53. The zero-order chi connectivity index (χ0) is 20.3. The largest absolute Gasteiger partial charge is 0.417 e. The third kappa shape index (κ3) is 8.33. The SMILES string of the molecule is CCCCOCCCN/C=C(/C#N)C(=O)Nc1ccc(Cl)c(C(F)(F)F)c1. The molecule has 1 aromatic rings. The fourth-order valence-electron chi connectivity index (χ4n) is 1.97. The Balaban J connectivity index is 2.58. The molecule has 1 aromatic carbocycles. The quantitative estimate of drug-likeness (QED) is 0.342. The number of halogens is 4. The van der Waals surface area contributed by atoms with Crippen molar-refractivity contribution in [2.45, 2.75) is 32.4 Å². The number of hydrogen-bond acceptors (Lipinski definition) is 4. The highest BCUT2D eigenvalue weighted by Crippen LogP contribution is 2.36. The smallest absolute Gasteiger partial charge is 0.390 e. The van der Waals surface area contributed by atoms with Gasteiger partial charge in [-0.25, -0.2) is 0 Å². The summed E-state index contributed by atoms with van der Waals surface area (Å²) in [5, 5.41) is 13.7. The van der Waals surface area contributed by atoms with E-state index in [1.165, 1.54) is 12.3 Å². The Kier molecular flexibility index (Phi) is 9.68. The summed E-state index contributed by atoms with van der Waals surface area (Å²) < 4.78 is 43.9. The standard InChI is InChI=1S/C18H21ClF3N3O2/c1-2-3-8-27-9-4-7-24-12-13(11-23)17(26)25-14-5-6-16(19)15(10-14)18(20,21)22/h5-6,10,12,24H,2-4,7-9H2,1H3,(H,25,26)/b13-12-. The molecule has 0 aromatic heterocycles. The molecule has 148 valence electrons. The number of carbonyl (C=O) groups is 1. The molecule has 27 heavy (non-hydrogen) atoms. The number of nitrogens with zero attached hydrogens (tertiary/aromatic N) is 1. The number of carbonyl (C=O) groups excluding carboxylic acids is 1. The second-order valence-electron chi connectivity index (χ2n) is 5.59. The van der Waals surface area contributed by atoms with E-state index in [1.807, 2.05) is 0 Å². The van der Waals surface area contributed by atoms with Crippen LogP contribution < -0.4 is 10.6 Å². The summed E-state index contributed by atoms with van der Waals surface area (Å²) in [5.74, 6) is -0.820. The van der Waals surface area contributed by atoms with E-state index in [0.29, 0.717) is 26.2 Å². The lowest BCUT2D eigenvalue weighted by Gasteiger charge is -2.11. The first-order valence-electron chi connectivity index (χ1n) is 8.39. The molecule has 0 saturated heterocycles. The molecule has 2 N–H and O–H groups in total. The minimum atomic E-state index is -4.65. The highest BCUT2D eigenvalue weighted by atomic mass is 35.5. The Bertz CT molecular complexity index is 700. The molecule has 0 fully saturated rings. The van der Waals surface area contributed by atoms with Crippen molar-refractivity contribution in [3.05, 3.63) is 40.6 Å². The van der Waals surface area contributed by atoms with Crippen molar-refractivity contribution >= 4 is 23.2 Å². The topological polar surface area (TPSA) is 74.1 Å². The van der Waals surface area contributed by atoms with Crippen LogP contribution in [-0.2, 0) is 15.7 Å². The number of rotatable bonds is 10. The average molecular weight is 404 g/mol. The molecule has 9 heteroatoms. The molecule has 0 unspecified atom stereocenters. The predicted molar refractivity (Wildman–Crippen MR) is 97.1 cm³/mol. The normalized spacial score (nSPS) is 11.8. The molecular weight excluding hydrogens is 383 g/mol. The lowest BCUT2D eigenvalue weighted by atomic mass is 10.2. The van der Waals surface area contributed by atoms with Crippen molar-refractivity contribution < 1.29 is 22.7 Å². The van der Waals surface area contributed by atoms with Gasteiger partial charge in [-0.15, -0.1) is 0 Å². The number of nitrogens with one attached hydrogen (secondary N) is 2. The van der Waals surface area contributed by atoms with Gasteiger partial charge in [-0.1, -0.05) is 24.9 Å². The molecule has 0 aliphatic carbocycles. The van der Waals surface area contributed by atoms with Gasteiger partial charge in [-0.05, 0) is 31.0 Å². The summed E-state index contributed by atoms with van der Waals surface area (Å²) in [6.07, 6.45) is -0.687. The summed E-state index contributed by atoms with van der Waals surface area (Å²) in [7, 11) is 0. The molecule has 5 nitrogen and oxygen atoms in total. The Morgan fingerprint density at radius 1 is 1.33 bits per heavy atom. The first-order valence-corrected chi connectivity index (χ1v) is 8.77. The molecule has 0 radical (unpaired) electrons. The van der Waals surface area contributed by atoms with Gasteiger partial charge < -0.3 is 15.4 Å². The third-order valence-corrected chi connectivity index (χ3v) is 3.72. The summed E-state index contributed by atoms with van der Waals surface area (Å²) in [5.41, 5.74) is -1.43. The van der Waals surface area contributed by atoms with Crippen LogP contribution in [0.25, 0.3) is 0 Å². The van der Waals surface area contributed by atoms with E-state index in [2.05, 4.69) is 17.6 Å².